The smallest absolute Gasteiger partial charge is 0.00671 e. The van der Waals surface area contributed by atoms with Crippen LogP contribution in [0.4, 0.5) is 0 Å². The molecule has 1 aromatic carbocycles. The van der Waals surface area contributed by atoms with E-state index in [1.807, 2.05) is 0 Å². The van der Waals surface area contributed by atoms with Gasteiger partial charge in [-0.25, -0.2) is 0 Å². The Morgan fingerprint density at radius 3 is 2.50 bits per heavy atom. The summed E-state index contributed by atoms with van der Waals surface area (Å²) in [4.78, 5) is 0. The number of aryl methyl sites for hydroxylation is 2. The molecule has 0 atom stereocenters. The fourth-order valence-electron chi connectivity index (χ4n) is 2.96. The summed E-state index contributed by atoms with van der Waals surface area (Å²) in [5.41, 5.74) is 4.32. The van der Waals surface area contributed by atoms with Gasteiger partial charge in [0.15, 0.2) is 0 Å². The maximum atomic E-state index is 3.76. The molecule has 0 aromatic heterocycles. The van der Waals surface area contributed by atoms with Gasteiger partial charge in [-0.1, -0.05) is 49.4 Å². The largest absolute Gasteiger partial charge is 0.314 e. The number of hydrogen-bond acceptors (Lipinski definition) is 1. The maximum absolute atomic E-state index is 3.76. The van der Waals surface area contributed by atoms with Crippen LogP contribution in [0.2, 0.25) is 0 Å². The van der Waals surface area contributed by atoms with E-state index in [9.17, 15) is 0 Å². The van der Waals surface area contributed by atoms with Gasteiger partial charge in [0, 0.05) is 6.04 Å². The Hall–Kier alpha value is -0.820. The van der Waals surface area contributed by atoms with Crippen molar-refractivity contribution in [3.63, 3.8) is 0 Å². The van der Waals surface area contributed by atoms with Crippen LogP contribution in [0.1, 0.15) is 55.2 Å². The molecular weight excluding hydrogens is 218 g/mol. The molecule has 1 fully saturated rings. The van der Waals surface area contributed by atoms with Crippen LogP contribution in [-0.4, -0.2) is 12.6 Å². The predicted molar refractivity (Wildman–Crippen MR) is 79.1 cm³/mol. The third kappa shape index (κ3) is 4.13. The molecular formula is C17H27N. The standard InChI is InChI=1S/C17H27N/c1-14-9-10-15(2)16(13-14)11-12-18-17-7-5-3-4-6-8-17/h9-10,13,17-18H,3-8,11-12H2,1-2H3. The zero-order valence-corrected chi connectivity index (χ0v) is 12.0. The second-order valence-corrected chi connectivity index (χ2v) is 5.82. The second-order valence-electron chi connectivity index (χ2n) is 5.82. The molecule has 1 aromatic rings. The summed E-state index contributed by atoms with van der Waals surface area (Å²) < 4.78 is 0. The summed E-state index contributed by atoms with van der Waals surface area (Å²) in [7, 11) is 0. The average molecular weight is 245 g/mol. The minimum Gasteiger partial charge on any atom is -0.314 e. The van der Waals surface area contributed by atoms with Crippen molar-refractivity contribution in [1.82, 2.24) is 5.32 Å². The number of hydrogen-bond donors (Lipinski definition) is 1. The van der Waals surface area contributed by atoms with Crippen LogP contribution in [-0.2, 0) is 6.42 Å². The van der Waals surface area contributed by atoms with E-state index in [0.29, 0.717) is 0 Å². The van der Waals surface area contributed by atoms with E-state index in [1.165, 1.54) is 61.6 Å². The molecule has 0 heterocycles. The van der Waals surface area contributed by atoms with Gasteiger partial charge >= 0.3 is 0 Å². The summed E-state index contributed by atoms with van der Waals surface area (Å²) in [6.07, 6.45) is 9.65. The summed E-state index contributed by atoms with van der Waals surface area (Å²) in [6.45, 7) is 5.54. The highest BCUT2D eigenvalue weighted by Crippen LogP contribution is 2.17. The molecule has 2 rings (SSSR count). The van der Waals surface area contributed by atoms with Crippen molar-refractivity contribution in [3.05, 3.63) is 34.9 Å². The number of rotatable bonds is 4. The number of nitrogens with one attached hydrogen (secondary N) is 1. The van der Waals surface area contributed by atoms with E-state index in [0.717, 1.165) is 12.6 Å². The van der Waals surface area contributed by atoms with Crippen LogP contribution in [0.3, 0.4) is 0 Å². The average Bonchev–Trinajstić information content (AvgIpc) is 2.62. The highest BCUT2D eigenvalue weighted by molar-refractivity contribution is 5.30. The first-order valence-electron chi connectivity index (χ1n) is 7.55. The van der Waals surface area contributed by atoms with Crippen molar-refractivity contribution in [3.8, 4) is 0 Å². The molecule has 0 spiro atoms. The van der Waals surface area contributed by atoms with E-state index in [-0.39, 0.29) is 0 Å². The Morgan fingerprint density at radius 2 is 1.78 bits per heavy atom. The third-order valence-electron chi connectivity index (χ3n) is 4.19. The van der Waals surface area contributed by atoms with Crippen LogP contribution < -0.4 is 5.32 Å². The first-order valence-corrected chi connectivity index (χ1v) is 7.55. The van der Waals surface area contributed by atoms with Gasteiger partial charge in [-0.3, -0.25) is 0 Å². The molecule has 0 aliphatic heterocycles. The summed E-state index contributed by atoms with van der Waals surface area (Å²) in [6, 6.07) is 7.57. The van der Waals surface area contributed by atoms with Crippen molar-refractivity contribution in [2.24, 2.45) is 0 Å². The maximum Gasteiger partial charge on any atom is 0.00671 e. The molecule has 1 heteroatoms. The fourth-order valence-corrected chi connectivity index (χ4v) is 2.96. The Labute approximate surface area is 112 Å². The summed E-state index contributed by atoms with van der Waals surface area (Å²) in [5.74, 6) is 0. The molecule has 0 unspecified atom stereocenters. The monoisotopic (exact) mass is 245 g/mol. The first kappa shape index (κ1) is 13.6. The van der Waals surface area contributed by atoms with E-state index < -0.39 is 0 Å². The van der Waals surface area contributed by atoms with Crippen molar-refractivity contribution in [1.29, 1.82) is 0 Å². The predicted octanol–water partition coefficient (Wildman–Crippen LogP) is 4.16. The van der Waals surface area contributed by atoms with Gasteiger partial charge in [0.05, 0.1) is 0 Å². The van der Waals surface area contributed by atoms with Gasteiger partial charge in [-0.05, 0) is 50.8 Å². The van der Waals surface area contributed by atoms with Gasteiger partial charge in [0.1, 0.15) is 0 Å². The molecule has 0 amide bonds. The lowest BCUT2D eigenvalue weighted by Crippen LogP contribution is -2.30. The molecule has 0 bridgehead atoms. The molecule has 0 radical (unpaired) electrons. The van der Waals surface area contributed by atoms with Crippen LogP contribution in [0.5, 0.6) is 0 Å². The van der Waals surface area contributed by atoms with Gasteiger partial charge in [0.25, 0.3) is 0 Å². The molecule has 1 aliphatic carbocycles. The molecule has 18 heavy (non-hydrogen) atoms. The molecule has 1 nitrogen and oxygen atoms in total. The first-order chi connectivity index (χ1) is 8.75. The van der Waals surface area contributed by atoms with Crippen LogP contribution >= 0.6 is 0 Å². The zero-order valence-electron chi connectivity index (χ0n) is 12.0. The van der Waals surface area contributed by atoms with Crippen molar-refractivity contribution >= 4 is 0 Å². The highest BCUT2D eigenvalue weighted by Gasteiger charge is 2.11. The molecule has 1 aliphatic rings. The SMILES string of the molecule is Cc1ccc(C)c(CCNC2CCCCCC2)c1. The Balaban J connectivity index is 1.78. The van der Waals surface area contributed by atoms with Gasteiger partial charge in [-0.15, -0.1) is 0 Å². The van der Waals surface area contributed by atoms with Crippen LogP contribution in [0.25, 0.3) is 0 Å². The zero-order chi connectivity index (χ0) is 12.8. The Bertz CT molecular complexity index is 362. The van der Waals surface area contributed by atoms with E-state index in [4.69, 9.17) is 0 Å². The van der Waals surface area contributed by atoms with Crippen molar-refractivity contribution < 1.29 is 0 Å². The topological polar surface area (TPSA) is 12.0 Å². The third-order valence-corrected chi connectivity index (χ3v) is 4.19. The molecule has 0 saturated heterocycles. The lowest BCUT2D eigenvalue weighted by Gasteiger charge is -2.16. The van der Waals surface area contributed by atoms with Gasteiger partial charge in [0.2, 0.25) is 0 Å². The minimum atomic E-state index is 0.776. The quantitative estimate of drug-likeness (QED) is 0.785. The lowest BCUT2D eigenvalue weighted by molar-refractivity contribution is 0.463. The normalized spacial score (nSPS) is 17.7. The summed E-state index contributed by atoms with van der Waals surface area (Å²) >= 11 is 0. The highest BCUT2D eigenvalue weighted by atomic mass is 14.9. The molecule has 100 valence electrons. The summed E-state index contributed by atoms with van der Waals surface area (Å²) in [5, 5.41) is 3.76. The second kappa shape index (κ2) is 6.94. The molecule has 1 saturated carbocycles. The Kier molecular flexibility index (Phi) is 5.25. The van der Waals surface area contributed by atoms with Crippen LogP contribution in [0.15, 0.2) is 18.2 Å². The van der Waals surface area contributed by atoms with Crippen LogP contribution in [0, 0.1) is 13.8 Å². The minimum absolute atomic E-state index is 0.776. The lowest BCUT2D eigenvalue weighted by atomic mass is 10.0. The van der Waals surface area contributed by atoms with E-state index in [2.05, 4.69) is 37.4 Å². The van der Waals surface area contributed by atoms with Crippen molar-refractivity contribution in [2.45, 2.75) is 64.8 Å². The van der Waals surface area contributed by atoms with Gasteiger partial charge in [-0.2, -0.15) is 0 Å². The fraction of sp³-hybridized carbons (Fsp3) is 0.647. The van der Waals surface area contributed by atoms with Crippen molar-refractivity contribution in [2.75, 3.05) is 6.54 Å². The Morgan fingerprint density at radius 1 is 1.06 bits per heavy atom. The van der Waals surface area contributed by atoms with E-state index >= 15 is 0 Å². The van der Waals surface area contributed by atoms with Gasteiger partial charge < -0.3 is 5.32 Å². The molecule has 1 N–H and O–H groups in total. The van der Waals surface area contributed by atoms with E-state index in [1.54, 1.807) is 0 Å². The number of benzene rings is 1.